The summed E-state index contributed by atoms with van der Waals surface area (Å²) in [7, 11) is 0. The first kappa shape index (κ1) is 25.2. The Morgan fingerprint density at radius 3 is 2.26 bits per heavy atom. The number of para-hydroxylation sites is 1. The number of carboxylic acid groups (broad SMARTS) is 1. The number of hydrogen-bond acceptors (Lipinski definition) is 3. The summed E-state index contributed by atoms with van der Waals surface area (Å²) in [5.41, 5.74) is 2.93. The Kier molecular flexibility index (Phi) is 8.63. The number of Topliss-reactive ketones (excluding diaryl/α,β-unsaturated/α-hetero) is 1. The van der Waals surface area contributed by atoms with Crippen LogP contribution in [0.4, 0.5) is 0 Å². The van der Waals surface area contributed by atoms with Crippen LogP contribution in [0.1, 0.15) is 57.2 Å². The summed E-state index contributed by atoms with van der Waals surface area (Å²) in [5.74, 6) is -2.36. The standard InChI is InChI=1S/C28H34N2O4/c1-18(2)13-21(16-27(32)33)26(31)15-22(14-23-17-29-25-12-8-7-11-24(23)25)28(34)30-19(3)20-9-5-4-6-10-20/h4-12,17-19,21-22,29H,13-16H2,1-3H3,(H,30,34)(H,32,33)/t19-,21+,22+/m0/s1. The van der Waals surface area contributed by atoms with Crippen LogP contribution in [0.15, 0.2) is 60.8 Å². The van der Waals surface area contributed by atoms with E-state index in [0.29, 0.717) is 12.8 Å². The lowest BCUT2D eigenvalue weighted by molar-refractivity contribution is -0.141. The predicted molar refractivity (Wildman–Crippen MR) is 133 cm³/mol. The minimum atomic E-state index is -0.991. The molecular weight excluding hydrogens is 428 g/mol. The molecule has 6 nitrogen and oxygen atoms in total. The number of carbonyl (C=O) groups is 3. The van der Waals surface area contributed by atoms with Gasteiger partial charge in [0.05, 0.1) is 12.5 Å². The summed E-state index contributed by atoms with van der Waals surface area (Å²) in [6.45, 7) is 5.86. The molecule has 0 aliphatic carbocycles. The summed E-state index contributed by atoms with van der Waals surface area (Å²) < 4.78 is 0. The zero-order valence-electron chi connectivity index (χ0n) is 20.1. The highest BCUT2D eigenvalue weighted by Crippen LogP contribution is 2.26. The zero-order chi connectivity index (χ0) is 24.7. The molecule has 6 heteroatoms. The van der Waals surface area contributed by atoms with Crippen LogP contribution in [0.3, 0.4) is 0 Å². The average Bonchev–Trinajstić information content (AvgIpc) is 3.21. The minimum Gasteiger partial charge on any atom is -0.481 e. The molecule has 180 valence electrons. The van der Waals surface area contributed by atoms with E-state index >= 15 is 0 Å². The third-order valence-electron chi connectivity index (χ3n) is 6.25. The van der Waals surface area contributed by atoms with Gasteiger partial charge in [0.1, 0.15) is 5.78 Å². The molecule has 34 heavy (non-hydrogen) atoms. The summed E-state index contributed by atoms with van der Waals surface area (Å²) in [4.78, 5) is 41.2. The Morgan fingerprint density at radius 2 is 1.59 bits per heavy atom. The number of carboxylic acids is 1. The van der Waals surface area contributed by atoms with Gasteiger partial charge in [-0.1, -0.05) is 62.4 Å². The second-order valence-corrected chi connectivity index (χ2v) is 9.50. The monoisotopic (exact) mass is 462 g/mol. The molecule has 0 fully saturated rings. The van der Waals surface area contributed by atoms with Crippen LogP contribution in [0.25, 0.3) is 10.9 Å². The predicted octanol–water partition coefficient (Wildman–Crippen LogP) is 5.30. The van der Waals surface area contributed by atoms with Crippen LogP contribution in [0.2, 0.25) is 0 Å². The number of rotatable bonds is 12. The van der Waals surface area contributed by atoms with Crippen molar-refractivity contribution in [3.8, 4) is 0 Å². The SMILES string of the molecule is CC(C)C[C@H](CC(=O)O)C(=O)C[C@@H](Cc1c[nH]c2ccccc12)C(=O)N[C@@H](C)c1ccccc1. The normalized spacial score (nSPS) is 14.0. The van der Waals surface area contributed by atoms with Crippen molar-refractivity contribution in [2.75, 3.05) is 0 Å². The van der Waals surface area contributed by atoms with Crippen molar-refractivity contribution in [3.05, 3.63) is 71.9 Å². The molecule has 0 aliphatic heterocycles. The number of aromatic nitrogens is 1. The van der Waals surface area contributed by atoms with Gasteiger partial charge in [0.25, 0.3) is 0 Å². The smallest absolute Gasteiger partial charge is 0.304 e. The maximum absolute atomic E-state index is 13.4. The maximum atomic E-state index is 13.4. The lowest BCUT2D eigenvalue weighted by Gasteiger charge is -2.23. The molecule has 0 bridgehead atoms. The van der Waals surface area contributed by atoms with Crippen LogP contribution in [0, 0.1) is 17.8 Å². The van der Waals surface area contributed by atoms with E-state index in [1.807, 2.05) is 81.6 Å². The number of H-pyrrole nitrogens is 1. The number of nitrogens with one attached hydrogen (secondary N) is 2. The van der Waals surface area contributed by atoms with Crippen molar-refractivity contribution >= 4 is 28.6 Å². The fourth-order valence-electron chi connectivity index (χ4n) is 4.50. The molecule has 1 heterocycles. The molecule has 3 aromatic rings. The number of aliphatic carboxylic acids is 1. The van der Waals surface area contributed by atoms with E-state index in [2.05, 4.69) is 10.3 Å². The Hall–Kier alpha value is -3.41. The van der Waals surface area contributed by atoms with Crippen LogP contribution in [0.5, 0.6) is 0 Å². The van der Waals surface area contributed by atoms with Gasteiger partial charge >= 0.3 is 5.97 Å². The molecule has 0 spiro atoms. The number of benzene rings is 2. The Morgan fingerprint density at radius 1 is 0.912 bits per heavy atom. The van der Waals surface area contributed by atoms with E-state index in [1.54, 1.807) is 0 Å². The van der Waals surface area contributed by atoms with E-state index in [0.717, 1.165) is 22.0 Å². The van der Waals surface area contributed by atoms with Gasteiger partial charge in [-0.3, -0.25) is 14.4 Å². The van der Waals surface area contributed by atoms with Crippen molar-refractivity contribution in [3.63, 3.8) is 0 Å². The molecule has 0 saturated heterocycles. The first-order valence-electron chi connectivity index (χ1n) is 11.9. The largest absolute Gasteiger partial charge is 0.481 e. The van der Waals surface area contributed by atoms with Gasteiger partial charge in [0.2, 0.25) is 5.91 Å². The average molecular weight is 463 g/mol. The molecule has 1 amide bonds. The van der Waals surface area contributed by atoms with Gasteiger partial charge < -0.3 is 15.4 Å². The van der Waals surface area contributed by atoms with Crippen LogP contribution >= 0.6 is 0 Å². The van der Waals surface area contributed by atoms with E-state index in [1.165, 1.54) is 0 Å². The van der Waals surface area contributed by atoms with Gasteiger partial charge in [-0.15, -0.1) is 0 Å². The summed E-state index contributed by atoms with van der Waals surface area (Å²) in [6, 6.07) is 17.3. The number of ketones is 1. The van der Waals surface area contributed by atoms with E-state index in [-0.39, 0.29) is 36.5 Å². The van der Waals surface area contributed by atoms with E-state index in [9.17, 15) is 19.5 Å². The first-order chi connectivity index (χ1) is 16.2. The molecule has 3 atom stereocenters. The third-order valence-corrected chi connectivity index (χ3v) is 6.25. The van der Waals surface area contributed by atoms with E-state index in [4.69, 9.17) is 0 Å². The second kappa shape index (κ2) is 11.6. The fourth-order valence-corrected chi connectivity index (χ4v) is 4.50. The Balaban J connectivity index is 1.83. The highest BCUT2D eigenvalue weighted by molar-refractivity contribution is 5.91. The number of aromatic amines is 1. The lowest BCUT2D eigenvalue weighted by Crippen LogP contribution is -2.36. The van der Waals surface area contributed by atoms with Gasteiger partial charge in [0.15, 0.2) is 0 Å². The molecule has 1 aromatic heterocycles. The molecule has 0 radical (unpaired) electrons. The fraction of sp³-hybridized carbons (Fsp3) is 0.393. The topological polar surface area (TPSA) is 99.3 Å². The Bertz CT molecular complexity index is 1120. The van der Waals surface area contributed by atoms with Gasteiger partial charge in [-0.25, -0.2) is 0 Å². The number of carbonyl (C=O) groups excluding carboxylic acids is 2. The van der Waals surface area contributed by atoms with Crippen LogP contribution in [-0.2, 0) is 20.8 Å². The number of fused-ring (bicyclic) bond motifs is 1. The molecule has 3 rings (SSSR count). The maximum Gasteiger partial charge on any atom is 0.304 e. The lowest BCUT2D eigenvalue weighted by atomic mass is 9.84. The Labute approximate surface area is 200 Å². The minimum absolute atomic E-state index is 0.0114. The quantitative estimate of drug-likeness (QED) is 0.340. The highest BCUT2D eigenvalue weighted by atomic mass is 16.4. The van der Waals surface area contributed by atoms with Crippen molar-refractivity contribution in [2.45, 2.75) is 52.5 Å². The molecule has 0 unspecified atom stereocenters. The van der Waals surface area contributed by atoms with Crippen molar-refractivity contribution in [1.29, 1.82) is 0 Å². The van der Waals surface area contributed by atoms with E-state index < -0.39 is 17.8 Å². The second-order valence-electron chi connectivity index (χ2n) is 9.50. The summed E-state index contributed by atoms with van der Waals surface area (Å²) in [5, 5.41) is 13.4. The van der Waals surface area contributed by atoms with Crippen LogP contribution < -0.4 is 5.32 Å². The number of hydrogen-bond donors (Lipinski definition) is 3. The van der Waals surface area contributed by atoms with Crippen molar-refractivity contribution in [2.24, 2.45) is 17.8 Å². The van der Waals surface area contributed by atoms with Crippen molar-refractivity contribution in [1.82, 2.24) is 10.3 Å². The molecule has 2 aromatic carbocycles. The van der Waals surface area contributed by atoms with Gasteiger partial charge in [0, 0.05) is 35.4 Å². The summed E-state index contributed by atoms with van der Waals surface area (Å²) >= 11 is 0. The highest BCUT2D eigenvalue weighted by Gasteiger charge is 2.30. The molecule has 0 saturated carbocycles. The molecule has 3 N–H and O–H groups in total. The van der Waals surface area contributed by atoms with Crippen LogP contribution in [-0.4, -0.2) is 27.8 Å². The van der Waals surface area contributed by atoms with Gasteiger partial charge in [-0.2, -0.15) is 0 Å². The third kappa shape index (κ3) is 6.80. The number of amides is 1. The zero-order valence-corrected chi connectivity index (χ0v) is 20.1. The molecular formula is C28H34N2O4. The first-order valence-corrected chi connectivity index (χ1v) is 11.9. The van der Waals surface area contributed by atoms with Gasteiger partial charge in [-0.05, 0) is 42.9 Å². The summed E-state index contributed by atoms with van der Waals surface area (Å²) in [6.07, 6.45) is 2.58. The van der Waals surface area contributed by atoms with Crippen molar-refractivity contribution < 1.29 is 19.5 Å². The molecule has 0 aliphatic rings.